The summed E-state index contributed by atoms with van der Waals surface area (Å²) in [5, 5.41) is 6.88. The molecule has 9 heteroatoms. The van der Waals surface area contributed by atoms with E-state index < -0.39 is 12.8 Å². The zero-order valence-corrected chi connectivity index (χ0v) is 12.3. The molecule has 1 aliphatic heterocycles. The lowest BCUT2D eigenvalue weighted by Crippen LogP contribution is -2.27. The molecule has 0 unspecified atom stereocenters. The van der Waals surface area contributed by atoms with Crippen molar-refractivity contribution in [2.75, 3.05) is 38.2 Å². The highest BCUT2D eigenvalue weighted by molar-refractivity contribution is 5.87. The van der Waals surface area contributed by atoms with Gasteiger partial charge in [0.2, 0.25) is 5.91 Å². The van der Waals surface area contributed by atoms with Gasteiger partial charge in [0.15, 0.2) is 5.82 Å². The van der Waals surface area contributed by atoms with Crippen LogP contribution in [0.25, 0.3) is 0 Å². The van der Waals surface area contributed by atoms with Gasteiger partial charge in [0.25, 0.3) is 0 Å². The summed E-state index contributed by atoms with van der Waals surface area (Å²) >= 11 is 0. The first-order valence-corrected chi connectivity index (χ1v) is 7.03. The summed E-state index contributed by atoms with van der Waals surface area (Å²) in [6.07, 6.45) is -1.62. The van der Waals surface area contributed by atoms with Crippen molar-refractivity contribution in [2.24, 2.45) is 0 Å². The Bertz CT molecular complexity index is 504. The Morgan fingerprint density at radius 3 is 3.00 bits per heavy atom. The van der Waals surface area contributed by atoms with Gasteiger partial charge in [-0.05, 0) is 6.42 Å². The molecule has 1 aliphatic rings. The highest BCUT2D eigenvalue weighted by Gasteiger charge is 2.28. The maximum Gasteiger partial charge on any atom is 0.411 e. The fraction of sp³-hybridized carbons (Fsp3) is 0.692. The van der Waals surface area contributed by atoms with Crippen LogP contribution in [-0.2, 0) is 9.53 Å². The number of carbonyl (C=O) groups is 1. The van der Waals surface area contributed by atoms with Gasteiger partial charge in [-0.1, -0.05) is 0 Å². The van der Waals surface area contributed by atoms with Crippen molar-refractivity contribution in [3.63, 3.8) is 0 Å². The molecule has 0 spiro atoms. The van der Waals surface area contributed by atoms with E-state index in [-0.39, 0.29) is 18.6 Å². The van der Waals surface area contributed by atoms with Crippen molar-refractivity contribution in [3.05, 3.63) is 12.3 Å². The molecule has 1 aromatic heterocycles. The Morgan fingerprint density at radius 2 is 2.32 bits per heavy atom. The number of amides is 1. The van der Waals surface area contributed by atoms with E-state index in [9.17, 15) is 18.0 Å². The molecule has 1 fully saturated rings. The van der Waals surface area contributed by atoms with Crippen LogP contribution in [0.3, 0.4) is 0 Å². The third-order valence-corrected chi connectivity index (χ3v) is 3.35. The summed E-state index contributed by atoms with van der Waals surface area (Å²) in [6, 6.07) is 1.88. The molecule has 0 aliphatic carbocycles. The first-order chi connectivity index (χ1) is 10.3. The summed E-state index contributed by atoms with van der Waals surface area (Å²) < 4.78 is 42.2. The van der Waals surface area contributed by atoms with Crippen LogP contribution in [0.15, 0.2) is 12.3 Å². The van der Waals surface area contributed by atoms with Crippen LogP contribution in [0, 0.1) is 0 Å². The first-order valence-electron chi connectivity index (χ1n) is 7.03. The van der Waals surface area contributed by atoms with Crippen LogP contribution in [0.1, 0.15) is 19.4 Å². The predicted octanol–water partition coefficient (Wildman–Crippen LogP) is 1.67. The minimum Gasteiger partial charge on any atom is -0.371 e. The van der Waals surface area contributed by atoms with Gasteiger partial charge in [-0.25, -0.2) is 0 Å². The summed E-state index contributed by atoms with van der Waals surface area (Å²) in [5.41, 5.74) is 0. The number of carbonyl (C=O) groups excluding carboxylic acids is 1. The number of hydrogen-bond acceptors (Lipinski definition) is 4. The van der Waals surface area contributed by atoms with Gasteiger partial charge in [0.1, 0.15) is 6.61 Å². The number of nitrogens with one attached hydrogen (secondary N) is 1. The quantitative estimate of drug-likeness (QED) is 0.810. The Labute approximate surface area is 126 Å². The van der Waals surface area contributed by atoms with E-state index in [1.807, 2.05) is 4.90 Å². The first kappa shape index (κ1) is 16.8. The number of rotatable bonds is 6. The van der Waals surface area contributed by atoms with Crippen molar-refractivity contribution in [1.82, 2.24) is 14.7 Å². The average Bonchev–Trinajstić information content (AvgIpc) is 3.01. The zero-order chi connectivity index (χ0) is 16.2. The SMILES string of the molecule is CC(=O)Nc1ccn([C@H]2CCN(CCOCC(F)(F)F)C2)n1. The molecule has 1 saturated heterocycles. The van der Waals surface area contributed by atoms with E-state index in [2.05, 4.69) is 15.2 Å². The predicted molar refractivity (Wildman–Crippen MR) is 73.5 cm³/mol. The highest BCUT2D eigenvalue weighted by atomic mass is 19.4. The molecule has 0 bridgehead atoms. The Kier molecular flexibility index (Phi) is 5.41. The number of hydrogen-bond donors (Lipinski definition) is 1. The molecule has 0 saturated carbocycles. The zero-order valence-electron chi connectivity index (χ0n) is 12.3. The fourth-order valence-corrected chi connectivity index (χ4v) is 2.40. The lowest BCUT2D eigenvalue weighted by Gasteiger charge is -2.16. The number of ether oxygens (including phenoxy) is 1. The van der Waals surface area contributed by atoms with Gasteiger partial charge in [-0.2, -0.15) is 18.3 Å². The second kappa shape index (κ2) is 7.10. The van der Waals surface area contributed by atoms with Gasteiger partial charge in [-0.15, -0.1) is 0 Å². The second-order valence-corrected chi connectivity index (χ2v) is 5.27. The summed E-state index contributed by atoms with van der Waals surface area (Å²) in [5.74, 6) is 0.319. The maximum atomic E-state index is 12.0. The molecule has 1 aromatic rings. The van der Waals surface area contributed by atoms with Gasteiger partial charge in [0, 0.05) is 38.8 Å². The molecule has 6 nitrogen and oxygen atoms in total. The molecule has 124 valence electrons. The van der Waals surface area contributed by atoms with E-state index in [1.54, 1.807) is 16.9 Å². The molecule has 1 amide bonds. The normalized spacial score (nSPS) is 19.5. The van der Waals surface area contributed by atoms with Crippen LogP contribution in [0.4, 0.5) is 19.0 Å². The van der Waals surface area contributed by atoms with Crippen molar-refractivity contribution >= 4 is 11.7 Å². The minimum absolute atomic E-state index is 0.0580. The largest absolute Gasteiger partial charge is 0.411 e. The van der Waals surface area contributed by atoms with Crippen molar-refractivity contribution < 1.29 is 22.7 Å². The van der Waals surface area contributed by atoms with Gasteiger partial charge in [-0.3, -0.25) is 14.4 Å². The van der Waals surface area contributed by atoms with Gasteiger partial charge < -0.3 is 10.1 Å². The average molecular weight is 320 g/mol. The van der Waals surface area contributed by atoms with Crippen molar-refractivity contribution in [3.8, 4) is 0 Å². The van der Waals surface area contributed by atoms with Crippen molar-refractivity contribution in [2.45, 2.75) is 25.6 Å². The summed E-state index contributed by atoms with van der Waals surface area (Å²) in [7, 11) is 0. The molecule has 22 heavy (non-hydrogen) atoms. The van der Waals surface area contributed by atoms with Crippen LogP contribution >= 0.6 is 0 Å². The summed E-state index contributed by atoms with van der Waals surface area (Å²) in [6.45, 7) is 2.22. The topological polar surface area (TPSA) is 59.4 Å². The van der Waals surface area contributed by atoms with Crippen LogP contribution in [0.2, 0.25) is 0 Å². The monoisotopic (exact) mass is 320 g/mol. The van der Waals surface area contributed by atoms with Crippen LogP contribution in [0.5, 0.6) is 0 Å². The summed E-state index contributed by atoms with van der Waals surface area (Å²) in [4.78, 5) is 13.0. The molecule has 2 rings (SSSR count). The van der Waals surface area contributed by atoms with Crippen LogP contribution < -0.4 is 5.32 Å². The number of nitrogens with zero attached hydrogens (tertiary/aromatic N) is 3. The molecule has 1 atom stereocenters. The highest BCUT2D eigenvalue weighted by Crippen LogP contribution is 2.21. The van der Waals surface area contributed by atoms with Crippen molar-refractivity contribution in [1.29, 1.82) is 0 Å². The molecule has 0 aromatic carbocycles. The third kappa shape index (κ3) is 5.30. The van der Waals surface area contributed by atoms with E-state index >= 15 is 0 Å². The van der Waals surface area contributed by atoms with E-state index in [0.29, 0.717) is 18.9 Å². The Balaban J connectivity index is 1.73. The molecular weight excluding hydrogens is 301 g/mol. The molecule has 1 N–H and O–H groups in total. The Morgan fingerprint density at radius 1 is 1.55 bits per heavy atom. The van der Waals surface area contributed by atoms with Crippen LogP contribution in [-0.4, -0.2) is 59.6 Å². The molecule has 2 heterocycles. The number of anilines is 1. The minimum atomic E-state index is -4.28. The fourth-order valence-electron chi connectivity index (χ4n) is 2.40. The lowest BCUT2D eigenvalue weighted by molar-refractivity contribution is -0.174. The second-order valence-electron chi connectivity index (χ2n) is 5.27. The van der Waals surface area contributed by atoms with E-state index in [0.717, 1.165) is 13.0 Å². The number of aromatic nitrogens is 2. The molecular formula is C13H19F3N4O2. The van der Waals surface area contributed by atoms with Gasteiger partial charge >= 0.3 is 6.18 Å². The standard InChI is InChI=1S/C13H19F3N4O2/c1-10(21)17-12-3-5-20(18-12)11-2-4-19(8-11)6-7-22-9-13(14,15)16/h3,5,11H,2,4,6-9H2,1H3,(H,17,18,21)/t11-/m0/s1. The Hall–Kier alpha value is -1.61. The number of halogens is 3. The third-order valence-electron chi connectivity index (χ3n) is 3.35. The smallest absolute Gasteiger partial charge is 0.371 e. The van der Waals surface area contributed by atoms with E-state index in [4.69, 9.17) is 0 Å². The lowest BCUT2D eigenvalue weighted by atomic mass is 10.3. The van der Waals surface area contributed by atoms with E-state index in [1.165, 1.54) is 6.92 Å². The van der Waals surface area contributed by atoms with Gasteiger partial charge in [0.05, 0.1) is 12.6 Å². The number of alkyl halides is 3. The maximum absolute atomic E-state index is 12.0. The molecule has 0 radical (unpaired) electrons. The number of likely N-dealkylation sites (tertiary alicyclic amines) is 1.